The van der Waals surface area contributed by atoms with Crippen LogP contribution in [0.15, 0.2) is 18.2 Å². The number of anilines is 2. The minimum Gasteiger partial charge on any atom is -0.397 e. The van der Waals surface area contributed by atoms with Crippen LogP contribution in [0.2, 0.25) is 0 Å². The maximum Gasteiger partial charge on any atom is 0.250 e. The van der Waals surface area contributed by atoms with E-state index < -0.39 is 5.91 Å². The molecule has 1 amide bonds. The first-order valence-electron chi connectivity index (χ1n) is 7.00. The monoisotopic (exact) mass is 261 g/mol. The summed E-state index contributed by atoms with van der Waals surface area (Å²) in [5.74, 6) is 1.01. The first kappa shape index (κ1) is 13.7. The molecule has 1 aliphatic rings. The summed E-state index contributed by atoms with van der Waals surface area (Å²) in [5.41, 5.74) is 13.1. The summed E-state index contributed by atoms with van der Waals surface area (Å²) in [4.78, 5) is 11.4. The normalized spacial score (nSPS) is 23.0. The molecule has 0 saturated heterocycles. The topological polar surface area (TPSA) is 81.1 Å². The van der Waals surface area contributed by atoms with E-state index in [2.05, 4.69) is 12.2 Å². The molecule has 1 aromatic carbocycles. The summed E-state index contributed by atoms with van der Waals surface area (Å²) >= 11 is 0. The number of rotatable bonds is 4. The number of primary amides is 1. The number of nitrogens with one attached hydrogen (secondary N) is 1. The van der Waals surface area contributed by atoms with Gasteiger partial charge in [0.25, 0.3) is 5.91 Å². The summed E-state index contributed by atoms with van der Waals surface area (Å²) in [6.07, 6.45) is 5.11. The van der Waals surface area contributed by atoms with E-state index in [1.807, 2.05) is 0 Å². The second-order valence-electron chi connectivity index (χ2n) is 5.65. The van der Waals surface area contributed by atoms with Crippen molar-refractivity contribution in [2.75, 3.05) is 17.6 Å². The summed E-state index contributed by atoms with van der Waals surface area (Å²) in [7, 11) is 0. The SMILES string of the molecule is CC1CCCC(CNc2c(N)cccc2C(N)=O)C1. The van der Waals surface area contributed by atoms with Crippen molar-refractivity contribution in [1.82, 2.24) is 0 Å². The molecule has 5 N–H and O–H groups in total. The molecule has 4 heteroatoms. The average molecular weight is 261 g/mol. The van der Waals surface area contributed by atoms with Gasteiger partial charge in [0.05, 0.1) is 16.9 Å². The highest BCUT2D eigenvalue weighted by atomic mass is 16.1. The lowest BCUT2D eigenvalue weighted by Crippen LogP contribution is -2.23. The van der Waals surface area contributed by atoms with Gasteiger partial charge >= 0.3 is 0 Å². The van der Waals surface area contributed by atoms with Gasteiger partial charge in [-0.2, -0.15) is 0 Å². The number of amides is 1. The van der Waals surface area contributed by atoms with E-state index in [9.17, 15) is 4.79 Å². The Labute approximate surface area is 114 Å². The molecule has 0 bridgehead atoms. The lowest BCUT2D eigenvalue weighted by atomic mass is 9.82. The Bertz CT molecular complexity index is 459. The molecule has 2 unspecified atom stereocenters. The number of nitrogens with two attached hydrogens (primary N) is 2. The van der Waals surface area contributed by atoms with Crippen molar-refractivity contribution >= 4 is 17.3 Å². The van der Waals surface area contributed by atoms with Crippen molar-refractivity contribution in [1.29, 1.82) is 0 Å². The van der Waals surface area contributed by atoms with E-state index in [4.69, 9.17) is 11.5 Å². The van der Waals surface area contributed by atoms with Crippen molar-refractivity contribution in [2.24, 2.45) is 17.6 Å². The number of carbonyl (C=O) groups is 1. The van der Waals surface area contributed by atoms with Gasteiger partial charge in [-0.1, -0.05) is 25.8 Å². The molecule has 0 heterocycles. The van der Waals surface area contributed by atoms with Crippen LogP contribution in [0.4, 0.5) is 11.4 Å². The molecular weight excluding hydrogens is 238 g/mol. The second-order valence-corrected chi connectivity index (χ2v) is 5.65. The lowest BCUT2D eigenvalue weighted by Gasteiger charge is -2.27. The van der Waals surface area contributed by atoms with Gasteiger partial charge in [-0.25, -0.2) is 0 Å². The van der Waals surface area contributed by atoms with Gasteiger partial charge in [0.15, 0.2) is 0 Å². The Kier molecular flexibility index (Phi) is 4.30. The number of benzene rings is 1. The van der Waals surface area contributed by atoms with Gasteiger partial charge in [0.2, 0.25) is 0 Å². The van der Waals surface area contributed by atoms with Crippen LogP contribution < -0.4 is 16.8 Å². The predicted molar refractivity (Wildman–Crippen MR) is 79.0 cm³/mol. The van der Waals surface area contributed by atoms with Crippen LogP contribution in [0.1, 0.15) is 43.0 Å². The molecule has 19 heavy (non-hydrogen) atoms. The van der Waals surface area contributed by atoms with Crippen molar-refractivity contribution in [3.8, 4) is 0 Å². The summed E-state index contributed by atoms with van der Waals surface area (Å²) in [6.45, 7) is 3.16. The molecule has 0 aliphatic heterocycles. The van der Waals surface area contributed by atoms with Crippen LogP contribution in [-0.4, -0.2) is 12.5 Å². The van der Waals surface area contributed by atoms with Crippen LogP contribution in [0, 0.1) is 11.8 Å². The molecule has 1 aliphatic carbocycles. The standard InChI is InChI=1S/C15H23N3O/c1-10-4-2-5-11(8-10)9-18-14-12(15(17)19)6-3-7-13(14)16/h3,6-7,10-11,18H,2,4-5,8-9,16H2,1H3,(H2,17,19). The van der Waals surface area contributed by atoms with E-state index in [0.717, 1.165) is 12.5 Å². The van der Waals surface area contributed by atoms with E-state index in [1.54, 1.807) is 18.2 Å². The molecule has 1 fully saturated rings. The highest BCUT2D eigenvalue weighted by molar-refractivity contribution is 6.01. The third-order valence-electron chi connectivity index (χ3n) is 3.97. The van der Waals surface area contributed by atoms with Crippen LogP contribution in [-0.2, 0) is 0 Å². The van der Waals surface area contributed by atoms with Gasteiger partial charge in [0.1, 0.15) is 0 Å². The molecule has 0 aromatic heterocycles. The molecule has 0 spiro atoms. The first-order valence-corrected chi connectivity index (χ1v) is 7.00. The minimum atomic E-state index is -0.438. The van der Waals surface area contributed by atoms with Crippen molar-refractivity contribution in [3.05, 3.63) is 23.8 Å². The third kappa shape index (κ3) is 3.40. The Balaban J connectivity index is 2.04. The van der Waals surface area contributed by atoms with Gasteiger partial charge < -0.3 is 16.8 Å². The van der Waals surface area contributed by atoms with E-state index in [-0.39, 0.29) is 0 Å². The first-order chi connectivity index (χ1) is 9.08. The zero-order valence-corrected chi connectivity index (χ0v) is 11.5. The zero-order valence-electron chi connectivity index (χ0n) is 11.5. The summed E-state index contributed by atoms with van der Waals surface area (Å²) in [5, 5.41) is 3.33. The second kappa shape index (κ2) is 5.95. The quantitative estimate of drug-likeness (QED) is 0.729. The highest BCUT2D eigenvalue weighted by Crippen LogP contribution is 2.30. The largest absolute Gasteiger partial charge is 0.397 e. The molecular formula is C15H23N3O. The van der Waals surface area contributed by atoms with Crippen LogP contribution in [0.3, 0.4) is 0 Å². The summed E-state index contributed by atoms with van der Waals surface area (Å²) < 4.78 is 0. The van der Waals surface area contributed by atoms with Crippen LogP contribution in [0.25, 0.3) is 0 Å². The van der Waals surface area contributed by atoms with Crippen LogP contribution in [0.5, 0.6) is 0 Å². The highest BCUT2D eigenvalue weighted by Gasteiger charge is 2.19. The fourth-order valence-electron chi connectivity index (χ4n) is 2.96. The molecule has 1 aromatic rings. The summed E-state index contributed by atoms with van der Waals surface area (Å²) in [6, 6.07) is 5.26. The maximum absolute atomic E-state index is 11.4. The fourth-order valence-corrected chi connectivity index (χ4v) is 2.96. The van der Waals surface area contributed by atoms with Gasteiger partial charge in [-0.3, -0.25) is 4.79 Å². The molecule has 0 radical (unpaired) electrons. The number of para-hydroxylation sites is 1. The number of carbonyl (C=O) groups excluding carboxylic acids is 1. The van der Waals surface area contributed by atoms with Crippen molar-refractivity contribution < 1.29 is 4.79 Å². The van der Waals surface area contributed by atoms with Gasteiger partial charge in [-0.15, -0.1) is 0 Å². The minimum absolute atomic E-state index is 0.438. The van der Waals surface area contributed by atoms with E-state index in [0.29, 0.717) is 22.9 Å². The van der Waals surface area contributed by atoms with Gasteiger partial charge in [-0.05, 0) is 36.8 Å². The van der Waals surface area contributed by atoms with Gasteiger partial charge in [0, 0.05) is 6.54 Å². The van der Waals surface area contributed by atoms with Crippen LogP contribution >= 0.6 is 0 Å². The molecule has 4 nitrogen and oxygen atoms in total. The van der Waals surface area contributed by atoms with E-state index in [1.165, 1.54) is 25.7 Å². The van der Waals surface area contributed by atoms with E-state index >= 15 is 0 Å². The Morgan fingerprint density at radius 1 is 1.42 bits per heavy atom. The molecule has 1 saturated carbocycles. The lowest BCUT2D eigenvalue weighted by molar-refractivity contribution is 0.100. The number of hydrogen-bond acceptors (Lipinski definition) is 3. The molecule has 2 atom stereocenters. The fraction of sp³-hybridized carbons (Fsp3) is 0.533. The average Bonchev–Trinajstić information content (AvgIpc) is 2.37. The Morgan fingerprint density at radius 3 is 2.89 bits per heavy atom. The maximum atomic E-state index is 11.4. The zero-order chi connectivity index (χ0) is 13.8. The number of nitrogen functional groups attached to an aromatic ring is 1. The van der Waals surface area contributed by atoms with Crippen molar-refractivity contribution in [3.63, 3.8) is 0 Å². The Hall–Kier alpha value is -1.71. The number of hydrogen-bond donors (Lipinski definition) is 3. The third-order valence-corrected chi connectivity index (χ3v) is 3.97. The Morgan fingerprint density at radius 2 is 2.21 bits per heavy atom. The smallest absolute Gasteiger partial charge is 0.250 e. The molecule has 2 rings (SSSR count). The van der Waals surface area contributed by atoms with Crippen molar-refractivity contribution in [2.45, 2.75) is 32.6 Å². The molecule has 104 valence electrons. The predicted octanol–water partition coefficient (Wildman–Crippen LogP) is 2.61.